The molecule has 3 heteroatoms. The molecule has 0 spiro atoms. The number of fused-ring (bicyclic) bond motifs is 1. The van der Waals surface area contributed by atoms with Gasteiger partial charge >= 0.3 is 0 Å². The van der Waals surface area contributed by atoms with Gasteiger partial charge in [-0.15, -0.1) is 0 Å². The predicted molar refractivity (Wildman–Crippen MR) is 68.8 cm³/mol. The summed E-state index contributed by atoms with van der Waals surface area (Å²) in [6.07, 6.45) is 10.1. The molecular weight excluding hydrogens is 210 g/mol. The Balaban J connectivity index is 1.67. The van der Waals surface area contributed by atoms with E-state index in [1.54, 1.807) is 0 Å². The van der Waals surface area contributed by atoms with Crippen molar-refractivity contribution in [2.24, 2.45) is 13.0 Å². The molecule has 2 aliphatic carbocycles. The highest BCUT2D eigenvalue weighted by molar-refractivity contribution is 5.24. The highest BCUT2D eigenvalue weighted by atomic mass is 15.3. The van der Waals surface area contributed by atoms with E-state index in [1.165, 1.54) is 49.8 Å². The van der Waals surface area contributed by atoms with E-state index in [0.29, 0.717) is 12.1 Å². The molecule has 0 aliphatic heterocycles. The van der Waals surface area contributed by atoms with Crippen molar-refractivity contribution in [2.75, 3.05) is 0 Å². The van der Waals surface area contributed by atoms with Crippen LogP contribution < -0.4 is 5.32 Å². The van der Waals surface area contributed by atoms with Crippen LogP contribution in [0.15, 0.2) is 6.20 Å². The zero-order valence-electron chi connectivity index (χ0n) is 10.9. The molecule has 3 nitrogen and oxygen atoms in total. The molecule has 3 rings (SSSR count). The Kier molecular flexibility index (Phi) is 2.95. The largest absolute Gasteiger partial charge is 0.307 e. The molecular formula is C14H23N3. The van der Waals surface area contributed by atoms with E-state index in [-0.39, 0.29) is 0 Å². The van der Waals surface area contributed by atoms with E-state index in [0.717, 1.165) is 5.92 Å². The van der Waals surface area contributed by atoms with Crippen LogP contribution in [0.25, 0.3) is 0 Å². The van der Waals surface area contributed by atoms with Gasteiger partial charge in [-0.25, -0.2) is 0 Å². The molecule has 0 bridgehead atoms. The quantitative estimate of drug-likeness (QED) is 0.866. The number of aryl methyl sites for hydroxylation is 1. The van der Waals surface area contributed by atoms with Crippen molar-refractivity contribution in [2.45, 2.75) is 57.5 Å². The van der Waals surface area contributed by atoms with Crippen LogP contribution >= 0.6 is 0 Å². The Morgan fingerprint density at radius 2 is 2.29 bits per heavy atom. The first-order chi connectivity index (χ1) is 8.24. The van der Waals surface area contributed by atoms with Crippen molar-refractivity contribution < 1.29 is 0 Å². The number of nitrogens with zero attached hydrogens (tertiary/aromatic N) is 2. The van der Waals surface area contributed by atoms with E-state index in [1.807, 2.05) is 0 Å². The summed E-state index contributed by atoms with van der Waals surface area (Å²) < 4.78 is 2.05. The van der Waals surface area contributed by atoms with Crippen molar-refractivity contribution in [3.63, 3.8) is 0 Å². The lowest BCUT2D eigenvalue weighted by molar-refractivity contribution is 0.382. The number of hydrogen-bond donors (Lipinski definition) is 1. The van der Waals surface area contributed by atoms with Crippen LogP contribution in [-0.2, 0) is 13.5 Å². The third-order valence-corrected chi connectivity index (χ3v) is 4.25. The summed E-state index contributed by atoms with van der Waals surface area (Å²) in [5, 5.41) is 8.21. The van der Waals surface area contributed by atoms with Crippen LogP contribution in [0.3, 0.4) is 0 Å². The van der Waals surface area contributed by atoms with Gasteiger partial charge in [0, 0.05) is 30.4 Å². The summed E-state index contributed by atoms with van der Waals surface area (Å²) in [6.45, 7) is 2.34. The molecule has 0 aromatic carbocycles. The standard InChI is InChI=1S/C14H23N3/c1-10(8-11-6-7-11)16-13-4-3-5-14-12(13)9-15-17(14)2/h9-11,13,16H,3-8H2,1-2H3. The minimum absolute atomic E-state index is 0.543. The number of hydrogen-bond acceptors (Lipinski definition) is 2. The Bertz CT molecular complexity index is 392. The second-order valence-corrected chi connectivity index (χ2v) is 5.86. The molecule has 1 N–H and O–H groups in total. The first kappa shape index (κ1) is 11.3. The van der Waals surface area contributed by atoms with Crippen molar-refractivity contribution in [3.05, 3.63) is 17.5 Å². The van der Waals surface area contributed by atoms with Crippen LogP contribution in [-0.4, -0.2) is 15.8 Å². The fraction of sp³-hybridized carbons (Fsp3) is 0.786. The number of aromatic nitrogens is 2. The van der Waals surface area contributed by atoms with E-state index in [2.05, 4.69) is 35.3 Å². The molecule has 2 unspecified atom stereocenters. The summed E-state index contributed by atoms with van der Waals surface area (Å²) in [5.41, 5.74) is 2.88. The normalized spacial score (nSPS) is 25.6. The highest BCUT2D eigenvalue weighted by Gasteiger charge is 2.27. The zero-order chi connectivity index (χ0) is 11.8. The fourth-order valence-electron chi connectivity index (χ4n) is 3.14. The molecule has 1 aromatic rings. The van der Waals surface area contributed by atoms with Crippen molar-refractivity contribution in [1.29, 1.82) is 0 Å². The van der Waals surface area contributed by atoms with Crippen LogP contribution in [0.5, 0.6) is 0 Å². The molecule has 1 saturated carbocycles. The van der Waals surface area contributed by atoms with Gasteiger partial charge in [0.05, 0.1) is 6.20 Å². The van der Waals surface area contributed by atoms with Crippen molar-refractivity contribution >= 4 is 0 Å². The summed E-state index contributed by atoms with van der Waals surface area (Å²) in [6, 6.07) is 1.19. The van der Waals surface area contributed by atoms with Crippen LogP contribution in [0.1, 0.15) is 56.3 Å². The summed E-state index contributed by atoms with van der Waals surface area (Å²) in [5.74, 6) is 1.01. The molecule has 94 valence electrons. The lowest BCUT2D eigenvalue weighted by atomic mass is 9.92. The average molecular weight is 233 g/mol. The molecule has 0 radical (unpaired) electrons. The van der Waals surface area contributed by atoms with Crippen LogP contribution in [0.4, 0.5) is 0 Å². The Morgan fingerprint density at radius 1 is 1.47 bits per heavy atom. The Morgan fingerprint density at radius 3 is 3.06 bits per heavy atom. The highest BCUT2D eigenvalue weighted by Crippen LogP contribution is 2.35. The summed E-state index contributed by atoms with van der Waals surface area (Å²) in [4.78, 5) is 0. The fourth-order valence-corrected chi connectivity index (χ4v) is 3.14. The van der Waals surface area contributed by atoms with E-state index < -0.39 is 0 Å². The minimum atomic E-state index is 0.543. The van der Waals surface area contributed by atoms with Crippen molar-refractivity contribution in [3.8, 4) is 0 Å². The van der Waals surface area contributed by atoms with Gasteiger partial charge in [0.25, 0.3) is 0 Å². The smallest absolute Gasteiger partial charge is 0.0540 e. The third kappa shape index (κ3) is 2.39. The van der Waals surface area contributed by atoms with Crippen LogP contribution in [0, 0.1) is 5.92 Å². The van der Waals surface area contributed by atoms with E-state index in [9.17, 15) is 0 Å². The maximum atomic E-state index is 4.41. The number of rotatable bonds is 4. The van der Waals surface area contributed by atoms with E-state index >= 15 is 0 Å². The van der Waals surface area contributed by atoms with Gasteiger partial charge in [-0.1, -0.05) is 12.8 Å². The second-order valence-electron chi connectivity index (χ2n) is 5.86. The molecule has 0 amide bonds. The Hall–Kier alpha value is -0.830. The maximum Gasteiger partial charge on any atom is 0.0540 e. The molecule has 0 saturated heterocycles. The van der Waals surface area contributed by atoms with Gasteiger partial charge in [0.15, 0.2) is 0 Å². The lowest BCUT2D eigenvalue weighted by Crippen LogP contribution is -2.33. The predicted octanol–water partition coefficient (Wildman–Crippen LogP) is 2.58. The van der Waals surface area contributed by atoms with Gasteiger partial charge in [-0.3, -0.25) is 4.68 Å². The third-order valence-electron chi connectivity index (χ3n) is 4.25. The van der Waals surface area contributed by atoms with Crippen molar-refractivity contribution in [1.82, 2.24) is 15.1 Å². The average Bonchev–Trinajstić information content (AvgIpc) is 3.03. The maximum absolute atomic E-state index is 4.41. The topological polar surface area (TPSA) is 29.9 Å². The monoisotopic (exact) mass is 233 g/mol. The lowest BCUT2D eigenvalue weighted by Gasteiger charge is -2.27. The molecule has 2 atom stereocenters. The zero-order valence-corrected chi connectivity index (χ0v) is 10.9. The minimum Gasteiger partial charge on any atom is -0.307 e. The Labute approximate surface area is 104 Å². The summed E-state index contributed by atoms with van der Waals surface area (Å²) >= 11 is 0. The van der Waals surface area contributed by atoms with Crippen LogP contribution in [0.2, 0.25) is 0 Å². The van der Waals surface area contributed by atoms with Gasteiger partial charge in [-0.05, 0) is 38.5 Å². The first-order valence-corrected chi connectivity index (χ1v) is 7.01. The molecule has 17 heavy (non-hydrogen) atoms. The molecule has 1 aromatic heterocycles. The SMILES string of the molecule is CC(CC1CC1)NC1CCCc2c1cnn2C. The second kappa shape index (κ2) is 4.45. The van der Waals surface area contributed by atoms with E-state index in [4.69, 9.17) is 0 Å². The van der Waals surface area contributed by atoms with Gasteiger partial charge in [0.2, 0.25) is 0 Å². The van der Waals surface area contributed by atoms with Gasteiger partial charge in [-0.2, -0.15) is 5.10 Å². The molecule has 2 aliphatic rings. The summed E-state index contributed by atoms with van der Waals surface area (Å²) in [7, 11) is 2.06. The first-order valence-electron chi connectivity index (χ1n) is 7.01. The van der Waals surface area contributed by atoms with Gasteiger partial charge in [0.1, 0.15) is 0 Å². The number of nitrogens with one attached hydrogen (secondary N) is 1. The molecule has 1 fully saturated rings. The van der Waals surface area contributed by atoms with Gasteiger partial charge < -0.3 is 5.32 Å². The molecule has 1 heterocycles.